The second kappa shape index (κ2) is 3.74. The first-order valence-corrected chi connectivity index (χ1v) is 6.20. The largest absolute Gasteiger partial charge is 0.301 e. The summed E-state index contributed by atoms with van der Waals surface area (Å²) in [5.41, 5.74) is 6.21. The average molecular weight is 213 g/mol. The molecule has 0 spiro atoms. The van der Waals surface area contributed by atoms with E-state index in [1.165, 1.54) is 18.5 Å². The molecule has 1 nitrogen and oxygen atoms in total. The van der Waals surface area contributed by atoms with Crippen LogP contribution in [0.5, 0.6) is 0 Å². The van der Waals surface area contributed by atoms with Gasteiger partial charge in [-0.25, -0.2) is 0 Å². The molecule has 0 bridgehead atoms. The Balaban J connectivity index is 2.18. The number of hydrogen-bond acceptors (Lipinski definition) is 1. The maximum Gasteiger partial charge on any atom is 0.0233 e. The fraction of sp³-hybridized carbons (Fsp3) is 0.467. The van der Waals surface area contributed by atoms with E-state index in [1.54, 1.807) is 16.7 Å². The molecule has 0 saturated carbocycles. The molecular formula is C15H19N. The molecule has 0 aromatic heterocycles. The predicted octanol–water partition coefficient (Wildman–Crippen LogP) is 3.03. The lowest BCUT2D eigenvalue weighted by Crippen LogP contribution is -2.30. The summed E-state index contributed by atoms with van der Waals surface area (Å²) in [7, 11) is 2.24. The molecule has 1 unspecified atom stereocenters. The van der Waals surface area contributed by atoms with Crippen LogP contribution in [-0.4, -0.2) is 18.5 Å². The van der Waals surface area contributed by atoms with Crippen molar-refractivity contribution in [2.45, 2.75) is 32.2 Å². The van der Waals surface area contributed by atoms with Gasteiger partial charge in [0.2, 0.25) is 0 Å². The second-order valence-electron chi connectivity index (χ2n) is 5.30. The van der Waals surface area contributed by atoms with Gasteiger partial charge in [0.05, 0.1) is 0 Å². The number of allylic oxidation sites excluding steroid dienone is 2. The molecule has 1 heterocycles. The summed E-state index contributed by atoms with van der Waals surface area (Å²) in [6.45, 7) is 4.56. The van der Waals surface area contributed by atoms with Crippen LogP contribution in [0.4, 0.5) is 0 Å². The van der Waals surface area contributed by atoms with E-state index >= 15 is 0 Å². The van der Waals surface area contributed by atoms with Gasteiger partial charge in [-0.05, 0) is 43.5 Å². The molecule has 0 N–H and O–H groups in total. The molecule has 1 aliphatic heterocycles. The zero-order chi connectivity index (χ0) is 11.1. The van der Waals surface area contributed by atoms with Gasteiger partial charge >= 0.3 is 0 Å². The van der Waals surface area contributed by atoms with Crippen molar-refractivity contribution in [1.82, 2.24) is 4.90 Å². The van der Waals surface area contributed by atoms with Gasteiger partial charge < -0.3 is 4.90 Å². The van der Waals surface area contributed by atoms with E-state index in [0.29, 0.717) is 0 Å². The fourth-order valence-corrected chi connectivity index (χ4v) is 3.26. The minimum Gasteiger partial charge on any atom is -0.301 e. The highest BCUT2D eigenvalue weighted by Crippen LogP contribution is 2.35. The number of hydrogen-bond donors (Lipinski definition) is 0. The van der Waals surface area contributed by atoms with E-state index in [4.69, 9.17) is 0 Å². The van der Waals surface area contributed by atoms with Gasteiger partial charge in [0.15, 0.2) is 0 Å². The summed E-state index contributed by atoms with van der Waals surface area (Å²) in [6.07, 6.45) is 7.05. The van der Waals surface area contributed by atoms with E-state index in [2.05, 4.69) is 43.2 Å². The van der Waals surface area contributed by atoms with Crippen molar-refractivity contribution in [3.8, 4) is 0 Å². The summed E-state index contributed by atoms with van der Waals surface area (Å²) in [5.74, 6) is 0.725. The number of benzene rings is 1. The number of nitrogens with zero attached hydrogens (tertiary/aromatic N) is 1. The van der Waals surface area contributed by atoms with Crippen molar-refractivity contribution >= 4 is 0 Å². The van der Waals surface area contributed by atoms with Crippen LogP contribution in [0.1, 0.15) is 34.6 Å². The molecule has 16 heavy (non-hydrogen) atoms. The highest BCUT2D eigenvalue weighted by Gasteiger charge is 2.26. The Hall–Kier alpha value is -1.08. The summed E-state index contributed by atoms with van der Waals surface area (Å²) in [6, 6.07) is 4.76. The topological polar surface area (TPSA) is 3.24 Å². The van der Waals surface area contributed by atoms with Gasteiger partial charge in [-0.1, -0.05) is 29.8 Å². The first-order valence-electron chi connectivity index (χ1n) is 6.20. The Bertz CT molecular complexity index is 445. The van der Waals surface area contributed by atoms with E-state index in [0.717, 1.165) is 18.9 Å². The molecule has 0 amide bonds. The van der Waals surface area contributed by atoms with Crippen LogP contribution >= 0.6 is 0 Å². The first kappa shape index (κ1) is 10.1. The predicted molar refractivity (Wildman–Crippen MR) is 67.7 cm³/mol. The number of likely N-dealkylation sites (N-methyl/N-ethyl adjacent to an activating group) is 1. The lowest BCUT2D eigenvalue weighted by molar-refractivity contribution is 0.281. The van der Waals surface area contributed by atoms with Crippen molar-refractivity contribution in [3.05, 3.63) is 46.5 Å². The molecule has 2 aliphatic rings. The van der Waals surface area contributed by atoms with Gasteiger partial charge in [0.25, 0.3) is 0 Å². The third kappa shape index (κ3) is 1.60. The lowest BCUT2D eigenvalue weighted by Gasteiger charge is -2.33. The Labute approximate surface area is 97.8 Å². The SMILES string of the molecule is Cc1cc2c3c(c1)CN(C)CC3CC=CC2. The second-order valence-corrected chi connectivity index (χ2v) is 5.30. The molecule has 1 aromatic rings. The Morgan fingerprint density at radius 2 is 2.00 bits per heavy atom. The molecule has 0 radical (unpaired) electrons. The van der Waals surface area contributed by atoms with Crippen molar-refractivity contribution < 1.29 is 0 Å². The summed E-state index contributed by atoms with van der Waals surface area (Å²) < 4.78 is 0. The van der Waals surface area contributed by atoms with Gasteiger partial charge in [0, 0.05) is 19.0 Å². The van der Waals surface area contributed by atoms with E-state index < -0.39 is 0 Å². The molecule has 0 fully saturated rings. The maximum absolute atomic E-state index is 2.45. The van der Waals surface area contributed by atoms with E-state index in [1.807, 2.05) is 0 Å². The summed E-state index contributed by atoms with van der Waals surface area (Å²) >= 11 is 0. The normalized spacial score (nSPS) is 24.0. The average Bonchev–Trinajstić information content (AvgIpc) is 2.40. The fourth-order valence-electron chi connectivity index (χ4n) is 3.26. The smallest absolute Gasteiger partial charge is 0.0233 e. The minimum absolute atomic E-state index is 0.725. The minimum atomic E-state index is 0.725. The quantitative estimate of drug-likeness (QED) is 0.599. The standard InChI is InChI=1S/C15H19N/c1-11-7-12-5-3-4-6-13-9-16(2)10-14(8-11)15(12)13/h3-4,7-8,13H,5-6,9-10H2,1-2H3. The van der Waals surface area contributed by atoms with Gasteiger partial charge in [-0.15, -0.1) is 0 Å². The van der Waals surface area contributed by atoms with Crippen LogP contribution in [-0.2, 0) is 13.0 Å². The van der Waals surface area contributed by atoms with E-state index in [-0.39, 0.29) is 0 Å². The van der Waals surface area contributed by atoms with E-state index in [9.17, 15) is 0 Å². The van der Waals surface area contributed by atoms with Crippen molar-refractivity contribution in [2.75, 3.05) is 13.6 Å². The van der Waals surface area contributed by atoms with Crippen LogP contribution < -0.4 is 0 Å². The third-order valence-electron chi connectivity index (χ3n) is 3.80. The van der Waals surface area contributed by atoms with Gasteiger partial charge in [-0.3, -0.25) is 0 Å². The highest BCUT2D eigenvalue weighted by atomic mass is 15.1. The molecule has 84 valence electrons. The van der Waals surface area contributed by atoms with Crippen molar-refractivity contribution in [2.24, 2.45) is 0 Å². The van der Waals surface area contributed by atoms with Gasteiger partial charge in [0.1, 0.15) is 0 Å². The van der Waals surface area contributed by atoms with Gasteiger partial charge in [-0.2, -0.15) is 0 Å². The molecular weight excluding hydrogens is 194 g/mol. The number of rotatable bonds is 0. The van der Waals surface area contributed by atoms with Crippen molar-refractivity contribution in [1.29, 1.82) is 0 Å². The van der Waals surface area contributed by atoms with Crippen molar-refractivity contribution in [3.63, 3.8) is 0 Å². The summed E-state index contributed by atoms with van der Waals surface area (Å²) in [5, 5.41) is 0. The zero-order valence-corrected chi connectivity index (χ0v) is 10.2. The Kier molecular flexibility index (Phi) is 2.36. The van der Waals surface area contributed by atoms with Crippen LogP contribution in [0.2, 0.25) is 0 Å². The third-order valence-corrected chi connectivity index (χ3v) is 3.80. The lowest BCUT2D eigenvalue weighted by atomic mass is 9.84. The number of aryl methyl sites for hydroxylation is 1. The molecule has 1 aliphatic carbocycles. The van der Waals surface area contributed by atoms with Crippen LogP contribution in [0.15, 0.2) is 24.3 Å². The highest BCUT2D eigenvalue weighted by molar-refractivity contribution is 5.45. The first-order chi connectivity index (χ1) is 7.74. The van der Waals surface area contributed by atoms with Crippen LogP contribution in [0, 0.1) is 6.92 Å². The zero-order valence-electron chi connectivity index (χ0n) is 10.2. The Morgan fingerprint density at radius 3 is 2.88 bits per heavy atom. The molecule has 1 atom stereocenters. The molecule has 3 rings (SSSR count). The monoisotopic (exact) mass is 213 g/mol. The maximum atomic E-state index is 2.45. The Morgan fingerprint density at radius 1 is 1.19 bits per heavy atom. The molecule has 1 heteroatoms. The van der Waals surface area contributed by atoms with Crippen LogP contribution in [0.3, 0.4) is 0 Å². The van der Waals surface area contributed by atoms with Crippen LogP contribution in [0.25, 0.3) is 0 Å². The molecule has 0 saturated heterocycles. The summed E-state index contributed by atoms with van der Waals surface area (Å²) in [4.78, 5) is 2.45. The molecule has 1 aromatic carbocycles.